The molecule has 0 atom stereocenters. The van der Waals surface area contributed by atoms with Crippen molar-refractivity contribution in [2.75, 3.05) is 13.1 Å². The highest BCUT2D eigenvalue weighted by molar-refractivity contribution is 5.92. The van der Waals surface area contributed by atoms with E-state index >= 15 is 0 Å². The van der Waals surface area contributed by atoms with Crippen LogP contribution >= 0.6 is 0 Å². The minimum Gasteiger partial charge on any atom is -0.337 e. The van der Waals surface area contributed by atoms with Gasteiger partial charge in [-0.1, -0.05) is 12.8 Å². The van der Waals surface area contributed by atoms with E-state index in [0.29, 0.717) is 13.1 Å². The number of amides is 1. The molecule has 2 heterocycles. The fourth-order valence-electron chi connectivity index (χ4n) is 2.25. The molecule has 0 N–H and O–H groups in total. The minimum absolute atomic E-state index is 0.0738. The maximum Gasteiger partial charge on any atom is 0.280 e. The highest BCUT2D eigenvalue weighted by atomic mass is 19.3. The predicted molar refractivity (Wildman–Crippen MR) is 66.1 cm³/mol. The molecule has 1 fully saturated rings. The molecule has 2 rings (SSSR count). The second-order valence-electron chi connectivity index (χ2n) is 4.73. The first-order chi connectivity index (χ1) is 9.08. The molecule has 0 saturated carbocycles. The molecule has 19 heavy (non-hydrogen) atoms. The van der Waals surface area contributed by atoms with Gasteiger partial charge in [-0.05, 0) is 25.8 Å². The molecule has 1 amide bonds. The summed E-state index contributed by atoms with van der Waals surface area (Å²) in [5, 5.41) is 0. The average Bonchev–Trinajstić information content (AvgIpc) is 2.65. The number of hydrogen-bond acceptors (Lipinski definition) is 3. The summed E-state index contributed by atoms with van der Waals surface area (Å²) in [6.07, 6.45) is 1.44. The van der Waals surface area contributed by atoms with Crippen molar-refractivity contribution in [2.45, 2.75) is 39.0 Å². The Labute approximate surface area is 110 Å². The Morgan fingerprint density at radius 2 is 1.84 bits per heavy atom. The van der Waals surface area contributed by atoms with Crippen LogP contribution < -0.4 is 0 Å². The molecule has 1 aromatic heterocycles. The van der Waals surface area contributed by atoms with Crippen molar-refractivity contribution in [2.24, 2.45) is 0 Å². The smallest absolute Gasteiger partial charge is 0.280 e. The van der Waals surface area contributed by atoms with Gasteiger partial charge in [-0.2, -0.15) is 0 Å². The van der Waals surface area contributed by atoms with Crippen molar-refractivity contribution >= 4 is 5.91 Å². The molecule has 6 heteroatoms. The summed E-state index contributed by atoms with van der Waals surface area (Å²) in [7, 11) is 0. The maximum atomic E-state index is 12.7. The van der Waals surface area contributed by atoms with E-state index in [1.807, 2.05) is 0 Å². The van der Waals surface area contributed by atoms with E-state index < -0.39 is 6.43 Å². The Kier molecular flexibility index (Phi) is 4.39. The first kappa shape index (κ1) is 13.8. The van der Waals surface area contributed by atoms with Gasteiger partial charge in [0, 0.05) is 13.1 Å². The second-order valence-corrected chi connectivity index (χ2v) is 4.73. The van der Waals surface area contributed by atoms with Gasteiger partial charge in [0.25, 0.3) is 12.3 Å². The molecule has 0 aliphatic carbocycles. The molecule has 0 aromatic carbocycles. The van der Waals surface area contributed by atoms with Gasteiger partial charge in [0.1, 0.15) is 17.2 Å². The second kappa shape index (κ2) is 6.04. The number of carbonyl (C=O) groups excluding carboxylic acids is 1. The lowest BCUT2D eigenvalue weighted by molar-refractivity contribution is 0.0754. The van der Waals surface area contributed by atoms with Gasteiger partial charge in [-0.15, -0.1) is 0 Å². The molecule has 0 radical (unpaired) electrons. The zero-order valence-corrected chi connectivity index (χ0v) is 10.9. The molecular weight excluding hydrogens is 252 g/mol. The van der Waals surface area contributed by atoms with Crippen LogP contribution in [0.4, 0.5) is 8.78 Å². The summed E-state index contributed by atoms with van der Waals surface area (Å²) >= 11 is 0. The number of alkyl halides is 2. The van der Waals surface area contributed by atoms with Crippen LogP contribution in [0.1, 0.15) is 54.1 Å². The average molecular weight is 269 g/mol. The lowest BCUT2D eigenvalue weighted by Gasteiger charge is -2.20. The van der Waals surface area contributed by atoms with Gasteiger partial charge in [-0.25, -0.2) is 18.7 Å². The van der Waals surface area contributed by atoms with Crippen LogP contribution in [0.5, 0.6) is 0 Å². The third-order valence-corrected chi connectivity index (χ3v) is 3.19. The van der Waals surface area contributed by atoms with Crippen molar-refractivity contribution in [3.05, 3.63) is 23.3 Å². The van der Waals surface area contributed by atoms with Gasteiger partial charge in [0.15, 0.2) is 0 Å². The molecule has 4 nitrogen and oxygen atoms in total. The van der Waals surface area contributed by atoms with Gasteiger partial charge in [0.2, 0.25) is 0 Å². The normalized spacial score (nSPS) is 16.5. The van der Waals surface area contributed by atoms with E-state index in [4.69, 9.17) is 0 Å². The van der Waals surface area contributed by atoms with Crippen molar-refractivity contribution in [3.63, 3.8) is 0 Å². The Balaban J connectivity index is 2.22. The van der Waals surface area contributed by atoms with Crippen LogP contribution in [0.3, 0.4) is 0 Å². The van der Waals surface area contributed by atoms with Crippen LogP contribution in [0, 0.1) is 6.92 Å². The van der Waals surface area contributed by atoms with Crippen LogP contribution in [-0.2, 0) is 0 Å². The van der Waals surface area contributed by atoms with E-state index in [1.165, 1.54) is 6.92 Å². The van der Waals surface area contributed by atoms with Crippen molar-refractivity contribution in [1.29, 1.82) is 0 Å². The zero-order valence-electron chi connectivity index (χ0n) is 10.9. The number of nitrogens with zero attached hydrogens (tertiary/aromatic N) is 3. The van der Waals surface area contributed by atoms with Gasteiger partial charge < -0.3 is 4.90 Å². The lowest BCUT2D eigenvalue weighted by Crippen LogP contribution is -2.32. The van der Waals surface area contributed by atoms with Crippen LogP contribution in [0.15, 0.2) is 6.07 Å². The van der Waals surface area contributed by atoms with Crippen LogP contribution in [0.2, 0.25) is 0 Å². The molecule has 1 aliphatic heterocycles. The number of hydrogen-bond donors (Lipinski definition) is 0. The summed E-state index contributed by atoms with van der Waals surface area (Å²) in [5.74, 6) is -0.0646. The summed E-state index contributed by atoms with van der Waals surface area (Å²) in [5.41, 5.74) is -0.310. The number of likely N-dealkylation sites (tertiary alicyclic amines) is 1. The third-order valence-electron chi connectivity index (χ3n) is 3.19. The SMILES string of the molecule is Cc1nc(C(=O)N2CCCCCC2)cc(C(F)F)n1. The summed E-state index contributed by atoms with van der Waals surface area (Å²) in [4.78, 5) is 21.6. The third kappa shape index (κ3) is 3.45. The van der Waals surface area contributed by atoms with Gasteiger partial charge >= 0.3 is 0 Å². The lowest BCUT2D eigenvalue weighted by atomic mass is 10.2. The standard InChI is InChI=1S/C13H17F2N3O/c1-9-16-10(12(14)15)8-11(17-9)13(19)18-6-4-2-3-5-7-18/h8,12H,2-7H2,1H3. The number of halogens is 2. The number of carbonyl (C=O) groups is 1. The topological polar surface area (TPSA) is 46.1 Å². The van der Waals surface area contributed by atoms with Crippen molar-refractivity contribution in [1.82, 2.24) is 14.9 Å². The highest BCUT2D eigenvalue weighted by Gasteiger charge is 2.21. The Bertz CT molecular complexity index is 457. The minimum atomic E-state index is -2.68. The molecular formula is C13H17F2N3O. The molecule has 0 unspecified atom stereocenters. The van der Waals surface area contributed by atoms with E-state index in [1.54, 1.807) is 4.90 Å². The quantitative estimate of drug-likeness (QED) is 0.829. The van der Waals surface area contributed by atoms with E-state index in [-0.39, 0.29) is 23.1 Å². The molecule has 0 spiro atoms. The van der Waals surface area contributed by atoms with Crippen molar-refractivity contribution < 1.29 is 13.6 Å². The Morgan fingerprint density at radius 1 is 1.21 bits per heavy atom. The van der Waals surface area contributed by atoms with E-state index in [0.717, 1.165) is 31.7 Å². The molecule has 1 aliphatic rings. The number of rotatable bonds is 2. The Hall–Kier alpha value is -1.59. The van der Waals surface area contributed by atoms with Crippen LogP contribution in [-0.4, -0.2) is 33.9 Å². The number of aryl methyl sites for hydroxylation is 1. The van der Waals surface area contributed by atoms with Gasteiger partial charge in [-0.3, -0.25) is 4.79 Å². The first-order valence-corrected chi connectivity index (χ1v) is 6.51. The summed E-state index contributed by atoms with van der Waals surface area (Å²) in [6, 6.07) is 1.10. The maximum absolute atomic E-state index is 12.7. The van der Waals surface area contributed by atoms with E-state index in [9.17, 15) is 13.6 Å². The fraction of sp³-hybridized carbons (Fsp3) is 0.615. The molecule has 0 bridgehead atoms. The first-order valence-electron chi connectivity index (χ1n) is 6.51. The molecule has 104 valence electrons. The van der Waals surface area contributed by atoms with E-state index in [2.05, 4.69) is 9.97 Å². The summed E-state index contributed by atoms with van der Waals surface area (Å²) in [6.45, 7) is 2.86. The predicted octanol–water partition coefficient (Wildman–Crippen LogP) is 2.74. The monoisotopic (exact) mass is 269 g/mol. The zero-order chi connectivity index (χ0) is 13.8. The molecule has 1 saturated heterocycles. The largest absolute Gasteiger partial charge is 0.337 e. The fourth-order valence-corrected chi connectivity index (χ4v) is 2.25. The van der Waals surface area contributed by atoms with Crippen molar-refractivity contribution in [3.8, 4) is 0 Å². The number of aromatic nitrogens is 2. The molecule has 1 aromatic rings. The summed E-state index contributed by atoms with van der Waals surface area (Å²) < 4.78 is 25.4. The Morgan fingerprint density at radius 3 is 2.42 bits per heavy atom. The van der Waals surface area contributed by atoms with Crippen LogP contribution in [0.25, 0.3) is 0 Å². The van der Waals surface area contributed by atoms with Gasteiger partial charge in [0.05, 0.1) is 0 Å². The highest BCUT2D eigenvalue weighted by Crippen LogP contribution is 2.18.